The average Bonchev–Trinajstić information content (AvgIpc) is 3.16. The van der Waals surface area contributed by atoms with Crippen LogP contribution in [0.15, 0.2) is 36.8 Å². The van der Waals surface area contributed by atoms with Crippen molar-refractivity contribution in [2.45, 2.75) is 27.3 Å². The molecule has 1 saturated heterocycles. The van der Waals surface area contributed by atoms with Crippen LogP contribution in [0.5, 0.6) is 0 Å². The van der Waals surface area contributed by atoms with Gasteiger partial charge in [0.05, 0.1) is 17.6 Å². The predicted molar refractivity (Wildman–Crippen MR) is 131 cm³/mol. The van der Waals surface area contributed by atoms with Crippen molar-refractivity contribution in [3.63, 3.8) is 0 Å². The Bertz CT molecular complexity index is 1320. The van der Waals surface area contributed by atoms with Gasteiger partial charge in [-0.2, -0.15) is 0 Å². The third-order valence-electron chi connectivity index (χ3n) is 6.24. The minimum atomic E-state index is -0.151. The van der Waals surface area contributed by atoms with Gasteiger partial charge in [0.15, 0.2) is 0 Å². The van der Waals surface area contributed by atoms with Crippen molar-refractivity contribution in [3.05, 3.63) is 70.0 Å². The molecule has 0 aliphatic carbocycles. The van der Waals surface area contributed by atoms with Crippen LogP contribution >= 0.6 is 11.6 Å². The fraction of sp³-hybridized carbons (Fsp3) is 0.320. The van der Waals surface area contributed by atoms with Crippen molar-refractivity contribution in [1.82, 2.24) is 24.8 Å². The number of benzene rings is 2. The molecule has 33 heavy (non-hydrogen) atoms. The van der Waals surface area contributed by atoms with E-state index in [0.29, 0.717) is 22.7 Å². The molecule has 0 unspecified atom stereocenters. The quantitative estimate of drug-likeness (QED) is 0.475. The molecule has 3 heterocycles. The molecule has 1 N–H and O–H groups in total. The Labute approximate surface area is 197 Å². The summed E-state index contributed by atoms with van der Waals surface area (Å²) < 4.78 is 16.5. The molecule has 2 aromatic heterocycles. The first kappa shape index (κ1) is 21.8. The Balaban J connectivity index is 1.73. The molecule has 0 spiro atoms. The van der Waals surface area contributed by atoms with Crippen LogP contribution in [0.4, 0.5) is 10.3 Å². The van der Waals surface area contributed by atoms with Crippen LogP contribution in [0.25, 0.3) is 22.2 Å². The third kappa shape index (κ3) is 4.07. The van der Waals surface area contributed by atoms with Gasteiger partial charge in [0, 0.05) is 54.2 Å². The lowest BCUT2D eigenvalue weighted by atomic mass is 10.0. The first-order chi connectivity index (χ1) is 15.9. The number of hydrogen-bond acceptors (Lipinski definition) is 5. The van der Waals surface area contributed by atoms with Crippen molar-refractivity contribution >= 4 is 28.6 Å². The van der Waals surface area contributed by atoms with E-state index in [1.807, 2.05) is 51.2 Å². The van der Waals surface area contributed by atoms with Crippen LogP contribution in [0.1, 0.15) is 22.4 Å². The largest absolute Gasteiger partial charge is 0.340 e. The van der Waals surface area contributed by atoms with E-state index in [1.54, 1.807) is 6.33 Å². The Morgan fingerprint density at radius 2 is 1.76 bits per heavy atom. The molecule has 0 bridgehead atoms. The molecule has 1 aliphatic heterocycles. The number of halogens is 2. The molecule has 0 amide bonds. The van der Waals surface area contributed by atoms with Gasteiger partial charge in [-0.15, -0.1) is 0 Å². The van der Waals surface area contributed by atoms with Crippen molar-refractivity contribution in [2.24, 2.45) is 0 Å². The lowest BCUT2D eigenvalue weighted by Gasteiger charge is -2.29. The number of piperazine rings is 1. The second-order valence-electron chi connectivity index (χ2n) is 8.62. The van der Waals surface area contributed by atoms with Crippen LogP contribution in [0, 0.1) is 26.6 Å². The zero-order valence-electron chi connectivity index (χ0n) is 19.0. The predicted octanol–water partition coefficient (Wildman–Crippen LogP) is 4.67. The van der Waals surface area contributed by atoms with E-state index in [0.717, 1.165) is 65.5 Å². The smallest absolute Gasteiger partial charge is 0.206 e. The van der Waals surface area contributed by atoms with Gasteiger partial charge in [-0.05, 0) is 49.6 Å². The van der Waals surface area contributed by atoms with Crippen molar-refractivity contribution in [1.29, 1.82) is 0 Å². The summed E-state index contributed by atoms with van der Waals surface area (Å²) in [7, 11) is 0. The highest BCUT2D eigenvalue weighted by molar-refractivity contribution is 6.31. The fourth-order valence-electron chi connectivity index (χ4n) is 4.61. The van der Waals surface area contributed by atoms with Crippen LogP contribution in [-0.4, -0.2) is 45.7 Å². The van der Waals surface area contributed by atoms with Crippen molar-refractivity contribution in [2.75, 3.05) is 31.1 Å². The highest BCUT2D eigenvalue weighted by Gasteiger charge is 2.23. The topological polar surface area (TPSA) is 58.9 Å². The van der Waals surface area contributed by atoms with Crippen LogP contribution < -0.4 is 10.2 Å². The first-order valence-corrected chi connectivity index (χ1v) is 11.5. The van der Waals surface area contributed by atoms with Gasteiger partial charge in [-0.1, -0.05) is 23.7 Å². The number of rotatable bonds is 4. The van der Waals surface area contributed by atoms with Gasteiger partial charge in [-0.3, -0.25) is 0 Å². The fourth-order valence-corrected chi connectivity index (χ4v) is 4.82. The van der Waals surface area contributed by atoms with E-state index in [-0.39, 0.29) is 5.82 Å². The summed E-state index contributed by atoms with van der Waals surface area (Å²) in [6.07, 6.45) is 3.36. The summed E-state index contributed by atoms with van der Waals surface area (Å²) in [5.74, 6) is 0.741. The Hall–Kier alpha value is -3.03. The minimum Gasteiger partial charge on any atom is -0.340 e. The monoisotopic (exact) mass is 464 g/mol. The van der Waals surface area contributed by atoms with Gasteiger partial charge in [0.25, 0.3) is 0 Å². The van der Waals surface area contributed by atoms with E-state index >= 15 is 0 Å². The first-order valence-electron chi connectivity index (χ1n) is 11.1. The molecule has 0 atom stereocenters. The maximum Gasteiger partial charge on any atom is 0.206 e. The van der Waals surface area contributed by atoms with Crippen LogP contribution in [0.2, 0.25) is 5.02 Å². The molecule has 1 aliphatic rings. The van der Waals surface area contributed by atoms with E-state index < -0.39 is 0 Å². The van der Waals surface area contributed by atoms with Gasteiger partial charge in [0.1, 0.15) is 12.1 Å². The highest BCUT2D eigenvalue weighted by Crippen LogP contribution is 2.36. The van der Waals surface area contributed by atoms with Gasteiger partial charge in [-0.25, -0.2) is 19.3 Å². The number of nitrogens with one attached hydrogen (secondary N) is 1. The summed E-state index contributed by atoms with van der Waals surface area (Å²) in [5.41, 5.74) is 6.82. The molecular weight excluding hydrogens is 439 g/mol. The number of hydrogen-bond donors (Lipinski definition) is 1. The summed E-state index contributed by atoms with van der Waals surface area (Å²) in [4.78, 5) is 16.0. The van der Waals surface area contributed by atoms with E-state index in [1.165, 1.54) is 0 Å². The lowest BCUT2D eigenvalue weighted by molar-refractivity contribution is 0.571. The highest BCUT2D eigenvalue weighted by atomic mass is 35.5. The second kappa shape index (κ2) is 8.72. The Kier molecular flexibility index (Phi) is 5.76. The zero-order chi connectivity index (χ0) is 23.1. The molecule has 4 aromatic rings. The molecule has 6 nitrogen and oxygen atoms in total. The summed E-state index contributed by atoms with van der Waals surface area (Å²) >= 11 is 6.61. The molecule has 0 radical (unpaired) electrons. The maximum absolute atomic E-state index is 14.3. The van der Waals surface area contributed by atoms with Crippen molar-refractivity contribution < 1.29 is 4.39 Å². The van der Waals surface area contributed by atoms with E-state index in [4.69, 9.17) is 16.6 Å². The molecule has 1 fully saturated rings. The summed E-state index contributed by atoms with van der Waals surface area (Å²) in [5, 5.41) is 4.03. The van der Waals surface area contributed by atoms with Crippen LogP contribution in [0.3, 0.4) is 0 Å². The lowest BCUT2D eigenvalue weighted by Crippen LogP contribution is -2.44. The van der Waals surface area contributed by atoms with Gasteiger partial charge in [0.2, 0.25) is 5.95 Å². The normalized spacial score (nSPS) is 14.3. The second-order valence-corrected chi connectivity index (χ2v) is 9.06. The number of fused-ring (bicyclic) bond motifs is 1. The van der Waals surface area contributed by atoms with Crippen molar-refractivity contribution in [3.8, 4) is 11.1 Å². The van der Waals surface area contributed by atoms with Gasteiger partial charge >= 0.3 is 0 Å². The maximum atomic E-state index is 14.3. The Morgan fingerprint density at radius 1 is 1.03 bits per heavy atom. The number of aromatic nitrogens is 4. The Morgan fingerprint density at radius 3 is 2.45 bits per heavy atom. The number of imidazole rings is 1. The number of nitrogens with zero attached hydrogens (tertiary/aromatic N) is 5. The summed E-state index contributed by atoms with van der Waals surface area (Å²) in [6.45, 7) is 9.67. The van der Waals surface area contributed by atoms with Gasteiger partial charge < -0.3 is 14.8 Å². The van der Waals surface area contributed by atoms with E-state index in [9.17, 15) is 4.39 Å². The molecule has 0 saturated carbocycles. The SMILES string of the molecule is Cc1cc(Cn2c(N3CCNCC3)nc3c(-c4cncnc4C)cc(Cl)cc32)cc(C)c1F. The molecule has 5 rings (SSSR count). The standard InChI is InChI=1S/C25H26ClFN6/c1-15-8-18(9-16(2)23(15)27)13-33-22-11-19(26)10-20(21-12-29-14-30-17(21)3)24(22)31-25(33)32-6-4-28-5-7-32/h8-12,14,28H,4-7,13H2,1-3H3. The van der Waals surface area contributed by atoms with E-state index in [2.05, 4.69) is 24.8 Å². The number of aryl methyl sites for hydroxylation is 3. The average molecular weight is 465 g/mol. The third-order valence-corrected chi connectivity index (χ3v) is 6.46. The molecular formula is C25H26ClFN6. The van der Waals surface area contributed by atoms with Crippen LogP contribution in [-0.2, 0) is 6.54 Å². The summed E-state index contributed by atoms with van der Waals surface area (Å²) in [6, 6.07) is 7.72. The number of anilines is 1. The molecule has 170 valence electrons. The zero-order valence-corrected chi connectivity index (χ0v) is 19.7. The molecule has 2 aromatic carbocycles. The molecule has 8 heteroatoms. The minimum absolute atomic E-state index is 0.151.